The first-order valence-electron chi connectivity index (χ1n) is 7.94. The van der Waals surface area contributed by atoms with Crippen LogP contribution in [0.15, 0.2) is 48.0 Å². The highest BCUT2D eigenvalue weighted by Gasteiger charge is 2.28. The molecule has 0 aliphatic carbocycles. The van der Waals surface area contributed by atoms with E-state index in [0.717, 1.165) is 39.7 Å². The number of nitrogens with two attached hydrogens (primary N) is 1. The van der Waals surface area contributed by atoms with Gasteiger partial charge in [0.15, 0.2) is 0 Å². The second-order valence-electron chi connectivity index (χ2n) is 6.42. The molecule has 0 unspecified atom stereocenters. The first-order chi connectivity index (χ1) is 10.9. The van der Waals surface area contributed by atoms with Crippen molar-refractivity contribution in [1.82, 2.24) is 0 Å². The number of amidine groups is 1. The van der Waals surface area contributed by atoms with E-state index in [2.05, 4.69) is 56.5 Å². The van der Waals surface area contributed by atoms with Gasteiger partial charge in [-0.3, -0.25) is 4.90 Å². The van der Waals surface area contributed by atoms with Crippen molar-refractivity contribution in [1.29, 1.82) is 0 Å². The zero-order valence-electron chi connectivity index (χ0n) is 14.2. The number of hydrogen-bond acceptors (Lipinski definition) is 3. The van der Waals surface area contributed by atoms with Crippen LogP contribution in [0.3, 0.4) is 0 Å². The molecule has 0 saturated carbocycles. The molecule has 1 heterocycles. The normalized spacial score (nSPS) is 14.0. The van der Waals surface area contributed by atoms with Crippen LogP contribution < -0.4 is 10.6 Å². The van der Waals surface area contributed by atoms with Gasteiger partial charge in [-0.2, -0.15) is 0 Å². The lowest BCUT2D eigenvalue weighted by Crippen LogP contribution is -2.35. The van der Waals surface area contributed by atoms with Gasteiger partial charge in [-0.15, -0.1) is 0 Å². The average molecular weight is 305 g/mol. The van der Waals surface area contributed by atoms with Crippen LogP contribution in [-0.4, -0.2) is 5.84 Å². The van der Waals surface area contributed by atoms with E-state index in [0.29, 0.717) is 0 Å². The highest BCUT2D eigenvalue weighted by molar-refractivity contribution is 6.14. The Morgan fingerprint density at radius 1 is 1.04 bits per heavy atom. The van der Waals surface area contributed by atoms with Crippen molar-refractivity contribution < 1.29 is 0 Å². The zero-order valence-corrected chi connectivity index (χ0v) is 14.2. The molecular weight excluding hydrogens is 282 g/mol. The average Bonchev–Trinajstić information content (AvgIpc) is 2.52. The Bertz CT molecular complexity index is 798. The van der Waals surface area contributed by atoms with Gasteiger partial charge in [0.2, 0.25) is 0 Å². The summed E-state index contributed by atoms with van der Waals surface area (Å²) in [6, 6.07) is 12.4. The van der Waals surface area contributed by atoms with Gasteiger partial charge in [0.25, 0.3) is 0 Å². The number of anilines is 2. The molecule has 3 nitrogen and oxygen atoms in total. The van der Waals surface area contributed by atoms with Crippen LogP contribution in [0.2, 0.25) is 0 Å². The highest BCUT2D eigenvalue weighted by atomic mass is 15.2. The molecule has 0 atom stereocenters. The summed E-state index contributed by atoms with van der Waals surface area (Å²) in [4.78, 5) is 7.09. The fraction of sp³-hybridized carbons (Fsp3) is 0.250. The molecule has 0 radical (unpaired) electrons. The van der Waals surface area contributed by atoms with Crippen LogP contribution in [0.25, 0.3) is 5.70 Å². The molecule has 0 spiro atoms. The van der Waals surface area contributed by atoms with Gasteiger partial charge in [-0.25, -0.2) is 4.99 Å². The van der Waals surface area contributed by atoms with Crippen molar-refractivity contribution in [2.24, 2.45) is 10.9 Å². The zero-order chi connectivity index (χ0) is 16.7. The molecule has 0 fully saturated rings. The van der Waals surface area contributed by atoms with Crippen LogP contribution in [-0.2, 0) is 0 Å². The molecule has 1 aliphatic rings. The number of aryl methyl sites for hydroxylation is 1. The van der Waals surface area contributed by atoms with E-state index >= 15 is 0 Å². The van der Waals surface area contributed by atoms with E-state index in [1.807, 2.05) is 19.1 Å². The standard InChI is InChI=1S/C20H23N3/c1-12(2)20-22-19-14(4)18(21)11-10-17(19)15(5)23(20)16-8-6-13(3)7-9-16/h6-12H,5,21H2,1-4H3. The van der Waals surface area contributed by atoms with Gasteiger partial charge < -0.3 is 5.73 Å². The lowest BCUT2D eigenvalue weighted by molar-refractivity contribution is 0.863. The first-order valence-corrected chi connectivity index (χ1v) is 7.94. The minimum Gasteiger partial charge on any atom is -0.398 e. The minimum atomic E-state index is 0.280. The Labute approximate surface area is 138 Å². The molecule has 1 aliphatic heterocycles. The molecule has 2 aromatic rings. The summed E-state index contributed by atoms with van der Waals surface area (Å²) in [5, 5.41) is 0. The predicted molar refractivity (Wildman–Crippen MR) is 100 cm³/mol. The number of fused-ring (bicyclic) bond motifs is 1. The second-order valence-corrected chi connectivity index (χ2v) is 6.42. The van der Waals surface area contributed by atoms with E-state index in [4.69, 9.17) is 10.7 Å². The van der Waals surface area contributed by atoms with Crippen LogP contribution >= 0.6 is 0 Å². The van der Waals surface area contributed by atoms with E-state index in [9.17, 15) is 0 Å². The summed E-state index contributed by atoms with van der Waals surface area (Å²) < 4.78 is 0. The fourth-order valence-electron chi connectivity index (χ4n) is 2.89. The molecule has 118 valence electrons. The molecule has 0 aromatic heterocycles. The van der Waals surface area contributed by atoms with Gasteiger partial charge in [-0.05, 0) is 43.7 Å². The second kappa shape index (κ2) is 5.58. The van der Waals surface area contributed by atoms with E-state index < -0.39 is 0 Å². The fourth-order valence-corrected chi connectivity index (χ4v) is 2.89. The third-order valence-corrected chi connectivity index (χ3v) is 4.32. The van der Waals surface area contributed by atoms with E-state index in [-0.39, 0.29) is 5.92 Å². The van der Waals surface area contributed by atoms with E-state index in [1.165, 1.54) is 5.56 Å². The van der Waals surface area contributed by atoms with Gasteiger partial charge in [-0.1, -0.05) is 38.1 Å². The van der Waals surface area contributed by atoms with Crippen molar-refractivity contribution in [3.8, 4) is 0 Å². The quantitative estimate of drug-likeness (QED) is 0.788. The Balaban J connectivity index is 2.21. The van der Waals surface area contributed by atoms with Crippen LogP contribution in [0, 0.1) is 19.8 Å². The number of rotatable bonds is 2. The predicted octanol–water partition coefficient (Wildman–Crippen LogP) is 5.06. The highest BCUT2D eigenvalue weighted by Crippen LogP contribution is 2.41. The maximum Gasteiger partial charge on any atom is 0.116 e. The Kier molecular flexibility index (Phi) is 3.72. The molecule has 0 saturated heterocycles. The van der Waals surface area contributed by atoms with Gasteiger partial charge in [0, 0.05) is 28.6 Å². The number of hydrogen-bond donors (Lipinski definition) is 1. The van der Waals surface area contributed by atoms with Crippen molar-refractivity contribution >= 4 is 28.6 Å². The molecule has 2 aromatic carbocycles. The lowest BCUT2D eigenvalue weighted by atomic mass is 9.98. The third kappa shape index (κ3) is 2.52. The monoisotopic (exact) mass is 305 g/mol. The van der Waals surface area contributed by atoms with Crippen LogP contribution in [0.4, 0.5) is 17.1 Å². The number of nitrogen functional groups attached to an aromatic ring is 1. The van der Waals surface area contributed by atoms with Crippen LogP contribution in [0.5, 0.6) is 0 Å². The largest absolute Gasteiger partial charge is 0.398 e. The summed E-state index contributed by atoms with van der Waals surface area (Å²) in [6.07, 6.45) is 0. The van der Waals surface area contributed by atoms with Crippen molar-refractivity contribution in [3.05, 3.63) is 59.7 Å². The molecular formula is C20H23N3. The van der Waals surface area contributed by atoms with Crippen molar-refractivity contribution in [2.45, 2.75) is 27.7 Å². The third-order valence-electron chi connectivity index (χ3n) is 4.32. The molecule has 3 heteroatoms. The molecule has 2 N–H and O–H groups in total. The number of benzene rings is 2. The van der Waals surface area contributed by atoms with Crippen molar-refractivity contribution in [3.63, 3.8) is 0 Å². The van der Waals surface area contributed by atoms with Crippen molar-refractivity contribution in [2.75, 3.05) is 10.6 Å². The number of aliphatic imine (C=N–C) groups is 1. The Morgan fingerprint density at radius 3 is 2.30 bits per heavy atom. The molecule has 3 rings (SSSR count). The maximum absolute atomic E-state index is 6.06. The first kappa shape index (κ1) is 15.3. The lowest BCUT2D eigenvalue weighted by Gasteiger charge is -2.35. The Morgan fingerprint density at radius 2 is 1.70 bits per heavy atom. The Hall–Kier alpha value is -2.55. The summed E-state index contributed by atoms with van der Waals surface area (Å²) in [7, 11) is 0. The summed E-state index contributed by atoms with van der Waals surface area (Å²) in [6.45, 7) is 12.8. The topological polar surface area (TPSA) is 41.6 Å². The molecule has 0 bridgehead atoms. The summed E-state index contributed by atoms with van der Waals surface area (Å²) in [5.41, 5.74) is 13.1. The number of nitrogens with zero attached hydrogens (tertiary/aromatic N) is 2. The molecule has 0 amide bonds. The SMILES string of the molecule is C=C1c2ccc(N)c(C)c2N=C(C(C)C)N1c1ccc(C)cc1. The minimum absolute atomic E-state index is 0.280. The molecule has 23 heavy (non-hydrogen) atoms. The van der Waals surface area contributed by atoms with E-state index in [1.54, 1.807) is 0 Å². The van der Waals surface area contributed by atoms with Crippen LogP contribution in [0.1, 0.15) is 30.5 Å². The van der Waals surface area contributed by atoms with Gasteiger partial charge >= 0.3 is 0 Å². The maximum atomic E-state index is 6.06. The van der Waals surface area contributed by atoms with Gasteiger partial charge in [0.05, 0.1) is 5.69 Å². The van der Waals surface area contributed by atoms with Gasteiger partial charge in [0.1, 0.15) is 5.84 Å². The smallest absolute Gasteiger partial charge is 0.116 e. The summed E-state index contributed by atoms with van der Waals surface area (Å²) in [5.74, 6) is 1.28. The summed E-state index contributed by atoms with van der Waals surface area (Å²) >= 11 is 0.